The first-order valence-electron chi connectivity index (χ1n) is 28.5. The van der Waals surface area contributed by atoms with Gasteiger partial charge in [0.25, 0.3) is 0 Å². The van der Waals surface area contributed by atoms with E-state index in [4.69, 9.17) is 14.2 Å². The second-order valence-electron chi connectivity index (χ2n) is 19.2. The minimum Gasteiger partial charge on any atom is -0.462 e. The number of unbranched alkanes of at least 4 members (excludes halogenated alkanes) is 36. The van der Waals surface area contributed by atoms with E-state index in [-0.39, 0.29) is 25.2 Å². The van der Waals surface area contributed by atoms with E-state index in [1.807, 2.05) is 0 Å². The lowest BCUT2D eigenvalue weighted by Gasteiger charge is -2.18. The van der Waals surface area contributed by atoms with Gasteiger partial charge >= 0.3 is 11.9 Å². The maximum absolute atomic E-state index is 12.8. The summed E-state index contributed by atoms with van der Waals surface area (Å²) >= 11 is 0. The summed E-state index contributed by atoms with van der Waals surface area (Å²) in [7, 11) is 0. The van der Waals surface area contributed by atoms with Crippen molar-refractivity contribution >= 4 is 11.9 Å². The quantitative estimate of drug-likeness (QED) is 0.0346. The van der Waals surface area contributed by atoms with Crippen LogP contribution in [0.15, 0.2) is 36.5 Å². The van der Waals surface area contributed by atoms with Gasteiger partial charge in [0.2, 0.25) is 0 Å². The molecule has 1 atom stereocenters. The van der Waals surface area contributed by atoms with Gasteiger partial charge in [-0.3, -0.25) is 9.59 Å². The van der Waals surface area contributed by atoms with E-state index in [2.05, 4.69) is 57.2 Å². The topological polar surface area (TPSA) is 61.8 Å². The smallest absolute Gasteiger partial charge is 0.306 e. The summed E-state index contributed by atoms with van der Waals surface area (Å²) < 4.78 is 17.5. The van der Waals surface area contributed by atoms with E-state index < -0.39 is 6.10 Å². The third-order valence-electron chi connectivity index (χ3n) is 12.6. The lowest BCUT2D eigenvalue weighted by Crippen LogP contribution is -2.30. The lowest BCUT2D eigenvalue weighted by molar-refractivity contribution is -0.163. The molecule has 0 saturated carbocycles. The highest BCUT2D eigenvalue weighted by Crippen LogP contribution is 2.16. The summed E-state index contributed by atoms with van der Waals surface area (Å²) in [6.45, 7) is 7.82. The number of esters is 2. The monoisotopic (exact) mass is 899 g/mol. The Morgan fingerprint density at radius 2 is 0.656 bits per heavy atom. The Morgan fingerprint density at radius 3 is 1.09 bits per heavy atom. The van der Waals surface area contributed by atoms with Gasteiger partial charge in [0, 0.05) is 19.4 Å². The molecule has 0 aliphatic rings. The average molecular weight is 900 g/mol. The van der Waals surface area contributed by atoms with Gasteiger partial charge < -0.3 is 14.2 Å². The predicted octanol–water partition coefficient (Wildman–Crippen LogP) is 19.4. The average Bonchev–Trinajstić information content (AvgIpc) is 3.30. The molecule has 5 heteroatoms. The number of allylic oxidation sites excluding steroid dienone is 6. The molecule has 0 aromatic heterocycles. The lowest BCUT2D eigenvalue weighted by atomic mass is 10.0. The Kier molecular flexibility index (Phi) is 53.8. The van der Waals surface area contributed by atoms with Crippen LogP contribution in [-0.4, -0.2) is 37.9 Å². The minimum atomic E-state index is -0.539. The van der Waals surface area contributed by atoms with Crippen LogP contribution in [0.25, 0.3) is 0 Å². The molecule has 0 aliphatic carbocycles. The molecule has 64 heavy (non-hydrogen) atoms. The number of rotatable bonds is 53. The first kappa shape index (κ1) is 62.1. The summed E-state index contributed by atoms with van der Waals surface area (Å²) in [6, 6.07) is 0. The van der Waals surface area contributed by atoms with Crippen molar-refractivity contribution in [1.29, 1.82) is 0 Å². The molecule has 1 unspecified atom stereocenters. The van der Waals surface area contributed by atoms with Crippen LogP contribution in [0.4, 0.5) is 0 Å². The zero-order valence-electron chi connectivity index (χ0n) is 43.3. The first-order chi connectivity index (χ1) is 31.6. The van der Waals surface area contributed by atoms with E-state index in [0.717, 1.165) is 57.8 Å². The molecule has 0 amide bonds. The summed E-state index contributed by atoms with van der Waals surface area (Å²) in [5, 5.41) is 0. The molecule has 0 aromatic rings. The van der Waals surface area contributed by atoms with Crippen LogP contribution in [0.1, 0.15) is 303 Å². The number of hydrogen-bond acceptors (Lipinski definition) is 5. The fraction of sp³-hybridized carbons (Fsp3) is 0.864. The van der Waals surface area contributed by atoms with Crippen molar-refractivity contribution in [1.82, 2.24) is 0 Å². The number of hydrogen-bond donors (Lipinski definition) is 0. The van der Waals surface area contributed by atoms with Crippen molar-refractivity contribution in [2.75, 3.05) is 19.8 Å². The maximum atomic E-state index is 12.8. The molecule has 0 N–H and O–H groups in total. The molecular weight excluding hydrogens is 789 g/mol. The Hall–Kier alpha value is -1.88. The van der Waals surface area contributed by atoms with Crippen LogP contribution in [-0.2, 0) is 23.8 Å². The molecule has 5 nitrogen and oxygen atoms in total. The molecule has 0 aromatic carbocycles. The van der Waals surface area contributed by atoms with Crippen molar-refractivity contribution in [3.63, 3.8) is 0 Å². The number of carbonyl (C=O) groups is 2. The maximum Gasteiger partial charge on any atom is 0.306 e. The van der Waals surface area contributed by atoms with E-state index in [1.165, 1.54) is 212 Å². The highest BCUT2D eigenvalue weighted by Gasteiger charge is 2.17. The van der Waals surface area contributed by atoms with Crippen molar-refractivity contribution in [3.8, 4) is 0 Å². The molecule has 0 spiro atoms. The SMILES string of the molecule is CCCCC/C=C\C/C=C\CCCCCCCCCCOCC(COC(=O)CCCCCCCCCCCCCCCCCCC)OC(=O)CCCCCCC/C=C\CCCCCC. The summed E-state index contributed by atoms with van der Waals surface area (Å²) in [5.41, 5.74) is 0. The number of ether oxygens (including phenoxy) is 3. The minimum absolute atomic E-state index is 0.0849. The van der Waals surface area contributed by atoms with Crippen LogP contribution in [0.2, 0.25) is 0 Å². The van der Waals surface area contributed by atoms with Gasteiger partial charge in [-0.25, -0.2) is 0 Å². The summed E-state index contributed by atoms with van der Waals surface area (Å²) in [4.78, 5) is 25.5. The van der Waals surface area contributed by atoms with Crippen LogP contribution in [0, 0.1) is 0 Å². The molecule has 0 bridgehead atoms. The molecule has 0 heterocycles. The molecule has 376 valence electrons. The highest BCUT2D eigenvalue weighted by atomic mass is 16.6. The van der Waals surface area contributed by atoms with Crippen molar-refractivity contribution in [2.45, 2.75) is 309 Å². The molecule has 0 fully saturated rings. The highest BCUT2D eigenvalue weighted by molar-refractivity contribution is 5.70. The molecule has 0 radical (unpaired) electrons. The fourth-order valence-corrected chi connectivity index (χ4v) is 8.36. The predicted molar refractivity (Wildman–Crippen MR) is 279 cm³/mol. The molecule has 0 rings (SSSR count). The normalized spacial score (nSPS) is 12.4. The van der Waals surface area contributed by atoms with Crippen LogP contribution >= 0.6 is 0 Å². The van der Waals surface area contributed by atoms with Crippen LogP contribution in [0.3, 0.4) is 0 Å². The standard InChI is InChI=1S/C59H110O5/c1-4-7-10-13-16-19-22-25-27-29-31-33-36-39-42-45-48-51-54-62-55-57(64-59(61)53-50-47-44-41-38-34-24-21-18-15-12-9-6-3)56-63-58(60)52-49-46-43-40-37-35-32-30-28-26-23-20-17-14-11-8-5-2/h16,19,21,24-25,27,57H,4-15,17-18,20,22-23,26,28-56H2,1-3H3/b19-16-,24-21-,27-25-. The second kappa shape index (κ2) is 55.4. The van der Waals surface area contributed by atoms with Crippen LogP contribution < -0.4 is 0 Å². The Bertz CT molecular complexity index is 1020. The zero-order chi connectivity index (χ0) is 46.3. The third-order valence-corrected chi connectivity index (χ3v) is 12.6. The van der Waals surface area contributed by atoms with Gasteiger partial charge in [-0.05, 0) is 77.0 Å². The summed E-state index contributed by atoms with van der Waals surface area (Å²) in [6.07, 6.45) is 67.3. The third kappa shape index (κ3) is 52.7. The van der Waals surface area contributed by atoms with E-state index in [0.29, 0.717) is 19.4 Å². The van der Waals surface area contributed by atoms with Crippen molar-refractivity contribution in [2.24, 2.45) is 0 Å². The van der Waals surface area contributed by atoms with Crippen LogP contribution in [0.5, 0.6) is 0 Å². The van der Waals surface area contributed by atoms with Gasteiger partial charge in [0.1, 0.15) is 6.61 Å². The second-order valence-corrected chi connectivity index (χ2v) is 19.2. The van der Waals surface area contributed by atoms with Crippen molar-refractivity contribution in [3.05, 3.63) is 36.5 Å². The Morgan fingerprint density at radius 1 is 0.344 bits per heavy atom. The molecular formula is C59H110O5. The fourth-order valence-electron chi connectivity index (χ4n) is 8.36. The molecule has 0 saturated heterocycles. The van der Waals surface area contributed by atoms with Gasteiger partial charge in [-0.1, -0.05) is 250 Å². The molecule has 0 aliphatic heterocycles. The Balaban J connectivity index is 4.23. The van der Waals surface area contributed by atoms with E-state index >= 15 is 0 Å². The summed E-state index contributed by atoms with van der Waals surface area (Å²) in [5.74, 6) is -0.393. The van der Waals surface area contributed by atoms with Gasteiger partial charge in [0.05, 0.1) is 6.61 Å². The number of carbonyl (C=O) groups excluding carboxylic acids is 2. The largest absolute Gasteiger partial charge is 0.462 e. The van der Waals surface area contributed by atoms with E-state index in [1.54, 1.807) is 0 Å². The zero-order valence-corrected chi connectivity index (χ0v) is 43.3. The Labute approximate surface area is 400 Å². The van der Waals surface area contributed by atoms with Gasteiger partial charge in [0.15, 0.2) is 6.10 Å². The van der Waals surface area contributed by atoms with E-state index in [9.17, 15) is 9.59 Å². The van der Waals surface area contributed by atoms with Gasteiger partial charge in [-0.15, -0.1) is 0 Å². The van der Waals surface area contributed by atoms with Gasteiger partial charge in [-0.2, -0.15) is 0 Å². The first-order valence-corrected chi connectivity index (χ1v) is 28.5. The van der Waals surface area contributed by atoms with Crippen molar-refractivity contribution < 1.29 is 23.8 Å².